The molecule has 2 rings (SSSR count). The number of hydrogen-bond donors (Lipinski definition) is 1. The van der Waals surface area contributed by atoms with Gasteiger partial charge in [0.2, 0.25) is 0 Å². The molecule has 1 heterocycles. The highest BCUT2D eigenvalue weighted by atomic mass is 19.4. The van der Waals surface area contributed by atoms with E-state index in [0.717, 1.165) is 12.1 Å². The Morgan fingerprint density at radius 1 is 1.12 bits per heavy atom. The summed E-state index contributed by atoms with van der Waals surface area (Å²) in [5, 5.41) is 13.9. The van der Waals surface area contributed by atoms with E-state index in [0.29, 0.717) is 0 Å². The number of alkyl halides is 3. The zero-order chi connectivity index (χ0) is 18.0. The van der Waals surface area contributed by atoms with Crippen molar-refractivity contribution in [3.05, 3.63) is 59.4 Å². The Labute approximate surface area is 137 Å². The van der Waals surface area contributed by atoms with E-state index in [1.54, 1.807) is 20.8 Å². The second-order valence-electron chi connectivity index (χ2n) is 6.09. The number of aromatic nitrogens is 1. The van der Waals surface area contributed by atoms with Crippen molar-refractivity contribution in [2.45, 2.75) is 32.5 Å². The van der Waals surface area contributed by atoms with Gasteiger partial charge in [0.25, 0.3) is 0 Å². The van der Waals surface area contributed by atoms with E-state index in [4.69, 9.17) is 4.84 Å². The van der Waals surface area contributed by atoms with E-state index in [-0.39, 0.29) is 22.7 Å². The lowest BCUT2D eigenvalue weighted by Crippen LogP contribution is -2.18. The molecule has 0 fully saturated rings. The summed E-state index contributed by atoms with van der Waals surface area (Å²) in [5.74, 6) is -0.203. The summed E-state index contributed by atoms with van der Waals surface area (Å²) < 4.78 is 38.9. The lowest BCUT2D eigenvalue weighted by Gasteiger charge is -2.17. The van der Waals surface area contributed by atoms with Crippen LogP contribution in [0.2, 0.25) is 0 Å². The SMILES string of the molecule is CC(C)(C)O/N=C(\c1cccc(C(F)(F)F)c1)c1ncccc1O. The average molecular weight is 338 g/mol. The molecule has 4 nitrogen and oxygen atoms in total. The second-order valence-corrected chi connectivity index (χ2v) is 6.09. The van der Waals surface area contributed by atoms with E-state index in [1.165, 1.54) is 30.5 Å². The van der Waals surface area contributed by atoms with E-state index in [9.17, 15) is 18.3 Å². The minimum Gasteiger partial charge on any atom is -0.506 e. The first-order chi connectivity index (χ1) is 11.1. The first-order valence-corrected chi connectivity index (χ1v) is 7.16. The number of aromatic hydroxyl groups is 1. The van der Waals surface area contributed by atoms with Crippen molar-refractivity contribution in [2.75, 3.05) is 0 Å². The molecule has 0 saturated heterocycles. The first kappa shape index (κ1) is 17.8. The van der Waals surface area contributed by atoms with Crippen molar-refractivity contribution >= 4 is 5.71 Å². The van der Waals surface area contributed by atoms with E-state index in [2.05, 4.69) is 10.1 Å². The fourth-order valence-electron chi connectivity index (χ4n) is 1.84. The van der Waals surface area contributed by atoms with Crippen LogP contribution in [0.25, 0.3) is 0 Å². The summed E-state index contributed by atoms with van der Waals surface area (Å²) in [6.07, 6.45) is -3.08. The molecule has 0 spiro atoms. The molecule has 1 aromatic carbocycles. The number of hydrogen-bond acceptors (Lipinski definition) is 4. The Bertz CT molecular complexity index is 750. The molecule has 0 aliphatic rings. The van der Waals surface area contributed by atoms with Gasteiger partial charge in [0.05, 0.1) is 5.56 Å². The maximum absolute atomic E-state index is 13.0. The van der Waals surface area contributed by atoms with Crippen molar-refractivity contribution in [3.63, 3.8) is 0 Å². The highest BCUT2D eigenvalue weighted by molar-refractivity contribution is 6.12. The third kappa shape index (κ3) is 4.47. The number of oxime groups is 1. The second kappa shape index (κ2) is 6.51. The summed E-state index contributed by atoms with van der Waals surface area (Å²) in [6.45, 7) is 5.25. The standard InChI is InChI=1S/C17H17F3N2O2/c1-16(2,3)24-22-14(15-13(23)8-5-9-21-15)11-6-4-7-12(10-11)17(18,19)20/h4-10,23H,1-3H3/b22-14+. The quantitative estimate of drug-likeness (QED) is 0.668. The van der Waals surface area contributed by atoms with Gasteiger partial charge in [-0.05, 0) is 45.0 Å². The molecule has 128 valence electrons. The summed E-state index contributed by atoms with van der Waals surface area (Å²) in [5.41, 5.74) is -1.27. The maximum atomic E-state index is 13.0. The zero-order valence-corrected chi connectivity index (χ0v) is 13.4. The molecule has 0 unspecified atom stereocenters. The molecule has 2 aromatic rings. The van der Waals surface area contributed by atoms with Gasteiger partial charge in [-0.15, -0.1) is 0 Å². The Balaban J connectivity index is 2.57. The van der Waals surface area contributed by atoms with Gasteiger partial charge in [0.15, 0.2) is 0 Å². The van der Waals surface area contributed by atoms with E-state index >= 15 is 0 Å². The lowest BCUT2D eigenvalue weighted by atomic mass is 10.0. The molecular weight excluding hydrogens is 321 g/mol. The fourth-order valence-corrected chi connectivity index (χ4v) is 1.84. The average Bonchev–Trinajstić information content (AvgIpc) is 2.47. The number of pyridine rings is 1. The molecule has 0 amide bonds. The molecule has 0 bridgehead atoms. The number of halogens is 3. The van der Waals surface area contributed by atoms with Crippen LogP contribution in [0, 0.1) is 0 Å². The van der Waals surface area contributed by atoms with Crippen LogP contribution in [0.4, 0.5) is 13.2 Å². The van der Waals surface area contributed by atoms with Gasteiger partial charge < -0.3 is 9.94 Å². The van der Waals surface area contributed by atoms with Crippen LogP contribution in [0.1, 0.15) is 37.6 Å². The molecule has 1 aromatic heterocycles. The van der Waals surface area contributed by atoms with Crippen molar-refractivity contribution in [2.24, 2.45) is 5.16 Å². The number of benzene rings is 1. The van der Waals surface area contributed by atoms with E-state index in [1.807, 2.05) is 0 Å². The van der Waals surface area contributed by atoms with Crippen molar-refractivity contribution in [3.8, 4) is 5.75 Å². The summed E-state index contributed by atoms with van der Waals surface area (Å²) in [6, 6.07) is 7.51. The van der Waals surface area contributed by atoms with Crippen LogP contribution in [0.15, 0.2) is 47.8 Å². The Kier molecular flexibility index (Phi) is 4.82. The van der Waals surface area contributed by atoms with Crippen LogP contribution in [-0.2, 0) is 11.0 Å². The summed E-state index contributed by atoms with van der Waals surface area (Å²) in [4.78, 5) is 9.34. The minimum atomic E-state index is -4.49. The van der Waals surface area contributed by atoms with Gasteiger partial charge in [0, 0.05) is 11.8 Å². The van der Waals surface area contributed by atoms with Crippen molar-refractivity contribution in [1.29, 1.82) is 0 Å². The maximum Gasteiger partial charge on any atom is 0.416 e. The van der Waals surface area contributed by atoms with Gasteiger partial charge in [-0.1, -0.05) is 17.3 Å². The van der Waals surface area contributed by atoms with Crippen LogP contribution in [0.5, 0.6) is 5.75 Å². The zero-order valence-electron chi connectivity index (χ0n) is 13.4. The van der Waals surface area contributed by atoms with Gasteiger partial charge in [-0.2, -0.15) is 13.2 Å². The molecule has 0 aliphatic heterocycles. The van der Waals surface area contributed by atoms with Crippen LogP contribution in [-0.4, -0.2) is 21.4 Å². The number of rotatable bonds is 3. The van der Waals surface area contributed by atoms with Crippen molar-refractivity contribution in [1.82, 2.24) is 4.98 Å². The molecule has 7 heteroatoms. The minimum absolute atomic E-state index is 0.0223. The predicted molar refractivity (Wildman–Crippen MR) is 83.8 cm³/mol. The fraction of sp³-hybridized carbons (Fsp3) is 0.294. The van der Waals surface area contributed by atoms with E-state index < -0.39 is 17.3 Å². The van der Waals surface area contributed by atoms with Gasteiger partial charge in [-0.25, -0.2) is 0 Å². The Morgan fingerprint density at radius 2 is 1.83 bits per heavy atom. The highest BCUT2D eigenvalue weighted by Gasteiger charge is 2.31. The molecule has 0 radical (unpaired) electrons. The van der Waals surface area contributed by atoms with Crippen molar-refractivity contribution < 1.29 is 23.1 Å². The van der Waals surface area contributed by atoms with Gasteiger partial charge in [-0.3, -0.25) is 4.98 Å². The molecule has 0 atom stereocenters. The molecule has 1 N–H and O–H groups in total. The highest BCUT2D eigenvalue weighted by Crippen LogP contribution is 2.30. The first-order valence-electron chi connectivity index (χ1n) is 7.16. The third-order valence-corrected chi connectivity index (χ3v) is 2.88. The van der Waals surface area contributed by atoms with Gasteiger partial charge >= 0.3 is 6.18 Å². The molecule has 0 aliphatic carbocycles. The van der Waals surface area contributed by atoms with Crippen LogP contribution in [0.3, 0.4) is 0 Å². The largest absolute Gasteiger partial charge is 0.506 e. The smallest absolute Gasteiger partial charge is 0.416 e. The summed E-state index contributed by atoms with van der Waals surface area (Å²) in [7, 11) is 0. The van der Waals surface area contributed by atoms with Crippen LogP contribution < -0.4 is 0 Å². The third-order valence-electron chi connectivity index (χ3n) is 2.88. The molecular formula is C17H17F3N2O2. The Morgan fingerprint density at radius 3 is 2.42 bits per heavy atom. The topological polar surface area (TPSA) is 54.7 Å². The van der Waals surface area contributed by atoms with Crippen LogP contribution >= 0.6 is 0 Å². The number of nitrogens with zero attached hydrogens (tertiary/aromatic N) is 2. The predicted octanol–water partition coefficient (Wildman–Crippen LogP) is 4.37. The normalized spacial score (nSPS) is 13.0. The molecule has 0 saturated carbocycles. The summed E-state index contributed by atoms with van der Waals surface area (Å²) >= 11 is 0. The van der Waals surface area contributed by atoms with Gasteiger partial charge in [0.1, 0.15) is 22.8 Å². The monoisotopic (exact) mass is 338 g/mol. The molecule has 24 heavy (non-hydrogen) atoms. The Hall–Kier alpha value is -2.57. The lowest BCUT2D eigenvalue weighted by molar-refractivity contribution is -0.137.